The summed E-state index contributed by atoms with van der Waals surface area (Å²) in [6.45, 7) is 0. The molecule has 0 spiro atoms. The van der Waals surface area contributed by atoms with Gasteiger partial charge in [-0.15, -0.1) is 0 Å². The fourth-order valence-corrected chi connectivity index (χ4v) is 8.66. The van der Waals surface area contributed by atoms with Crippen molar-refractivity contribution in [2.24, 2.45) is 0 Å². The number of benzene rings is 10. The Morgan fingerprint density at radius 3 is 0.606 bits per heavy atom. The summed E-state index contributed by atoms with van der Waals surface area (Å²) in [6.07, 6.45) is 0. The Bertz CT molecular complexity index is 3450. The van der Waals surface area contributed by atoms with Crippen molar-refractivity contribution in [3.05, 3.63) is 261 Å². The van der Waals surface area contributed by atoms with Crippen molar-refractivity contribution in [3.8, 4) is 112 Å². The lowest BCUT2D eigenvalue weighted by Crippen LogP contribution is -2.00. The minimum absolute atomic E-state index is 0.611. The normalized spacial score (nSPS) is 11.0. The largest absolute Gasteiger partial charge is 0.208 e. The molecule has 1 aromatic heterocycles. The molecular weight excluding hydrogens is 799 g/mol. The van der Waals surface area contributed by atoms with E-state index >= 15 is 0 Å². The average molecular weight is 842 g/mol. The summed E-state index contributed by atoms with van der Waals surface area (Å²) in [6, 6.07) is 92.0. The molecule has 11 aromatic rings. The van der Waals surface area contributed by atoms with E-state index in [1.165, 1.54) is 38.9 Å². The average Bonchev–Trinajstić information content (AvgIpc) is 3.42. The Morgan fingerprint density at radius 1 is 0.136 bits per heavy atom. The minimum atomic E-state index is 0.611. The third-order valence-electron chi connectivity index (χ3n) is 12.1. The molecule has 3 nitrogen and oxygen atoms in total. The van der Waals surface area contributed by atoms with E-state index in [4.69, 9.17) is 15.0 Å². The first-order valence-electron chi connectivity index (χ1n) is 22.3. The number of nitrogens with zero attached hydrogens (tertiary/aromatic N) is 3. The maximum absolute atomic E-state index is 5.22. The van der Waals surface area contributed by atoms with Crippen molar-refractivity contribution in [1.82, 2.24) is 15.0 Å². The molecule has 0 aliphatic rings. The van der Waals surface area contributed by atoms with E-state index < -0.39 is 0 Å². The molecule has 1 heterocycles. The van der Waals surface area contributed by atoms with Gasteiger partial charge in [0.25, 0.3) is 0 Å². The van der Waals surface area contributed by atoms with Gasteiger partial charge in [0.2, 0.25) is 0 Å². The van der Waals surface area contributed by atoms with Crippen molar-refractivity contribution in [2.45, 2.75) is 0 Å². The fraction of sp³-hybridized carbons (Fsp3) is 0. The van der Waals surface area contributed by atoms with Gasteiger partial charge in [0.1, 0.15) is 0 Å². The summed E-state index contributed by atoms with van der Waals surface area (Å²) in [5.41, 5.74) is 18.9. The highest BCUT2D eigenvalue weighted by atomic mass is 15.0. The van der Waals surface area contributed by atoms with Crippen LogP contribution in [0.2, 0.25) is 0 Å². The maximum atomic E-state index is 5.22. The van der Waals surface area contributed by atoms with Gasteiger partial charge in [-0.05, 0) is 114 Å². The molecule has 10 aromatic carbocycles. The van der Waals surface area contributed by atoms with Gasteiger partial charge in [-0.3, -0.25) is 0 Å². The molecule has 0 fully saturated rings. The lowest BCUT2D eigenvalue weighted by atomic mass is 9.95. The summed E-state index contributed by atoms with van der Waals surface area (Å²) >= 11 is 0. The van der Waals surface area contributed by atoms with Gasteiger partial charge >= 0.3 is 0 Å². The molecule has 0 saturated heterocycles. The Labute approximate surface area is 386 Å². The zero-order chi connectivity index (χ0) is 44.1. The number of hydrogen-bond donors (Lipinski definition) is 0. The second-order valence-electron chi connectivity index (χ2n) is 16.5. The molecule has 0 amide bonds. The van der Waals surface area contributed by atoms with Gasteiger partial charge in [-0.25, -0.2) is 15.0 Å². The number of rotatable bonds is 10. The summed E-state index contributed by atoms with van der Waals surface area (Å²) in [4.78, 5) is 15.6. The van der Waals surface area contributed by atoms with E-state index in [1.54, 1.807) is 0 Å². The number of hydrogen-bond acceptors (Lipinski definition) is 3. The summed E-state index contributed by atoms with van der Waals surface area (Å²) < 4.78 is 0. The summed E-state index contributed by atoms with van der Waals surface area (Å²) in [7, 11) is 0. The third-order valence-corrected chi connectivity index (χ3v) is 12.1. The van der Waals surface area contributed by atoms with Crippen molar-refractivity contribution in [1.29, 1.82) is 0 Å². The van der Waals surface area contributed by atoms with Crippen molar-refractivity contribution < 1.29 is 0 Å². The highest BCUT2D eigenvalue weighted by molar-refractivity contribution is 5.81. The molecule has 11 rings (SSSR count). The topological polar surface area (TPSA) is 38.7 Å². The van der Waals surface area contributed by atoms with Crippen LogP contribution in [0.25, 0.3) is 112 Å². The molecule has 0 aliphatic heterocycles. The Morgan fingerprint density at radius 2 is 0.318 bits per heavy atom. The van der Waals surface area contributed by atoms with Crippen LogP contribution >= 0.6 is 0 Å². The van der Waals surface area contributed by atoms with Gasteiger partial charge in [-0.1, -0.05) is 224 Å². The Balaban J connectivity index is 0.973. The zero-order valence-electron chi connectivity index (χ0n) is 36.2. The molecule has 3 heteroatoms. The molecule has 0 bridgehead atoms. The van der Waals surface area contributed by atoms with E-state index in [0.29, 0.717) is 17.5 Å². The summed E-state index contributed by atoms with van der Waals surface area (Å²) in [5, 5.41) is 0. The van der Waals surface area contributed by atoms with Crippen LogP contribution in [0, 0.1) is 0 Å². The highest BCUT2D eigenvalue weighted by Gasteiger charge is 2.15. The standard InChI is InChI=1S/C63H43N3/c1-4-16-44(17-5-1)49-22-10-25-52(38-49)47-34-36-48(37-35-47)61-64-62(59-32-14-30-57(42-59)54-27-12-24-51(40-54)46-20-8-3-9-21-46)66-63(65-61)60-33-15-31-58(43-60)56-29-13-28-55(41-56)53-26-11-23-50(39-53)45-18-6-2-7-19-45/h1-43H. The number of aromatic nitrogens is 3. The Kier molecular flexibility index (Phi) is 11.0. The van der Waals surface area contributed by atoms with Gasteiger partial charge < -0.3 is 0 Å². The predicted molar refractivity (Wildman–Crippen MR) is 274 cm³/mol. The smallest absolute Gasteiger partial charge is 0.164 e. The molecule has 0 aliphatic carbocycles. The monoisotopic (exact) mass is 841 g/mol. The molecule has 0 saturated carbocycles. The van der Waals surface area contributed by atoms with E-state index in [1.807, 2.05) is 6.07 Å². The molecule has 0 N–H and O–H groups in total. The second kappa shape index (κ2) is 18.1. The first kappa shape index (κ1) is 40.0. The van der Waals surface area contributed by atoms with E-state index in [-0.39, 0.29) is 0 Å². The van der Waals surface area contributed by atoms with E-state index in [2.05, 4.69) is 255 Å². The van der Waals surface area contributed by atoms with Gasteiger partial charge in [-0.2, -0.15) is 0 Å². The van der Waals surface area contributed by atoms with Crippen LogP contribution < -0.4 is 0 Å². The quantitative estimate of drug-likeness (QED) is 0.138. The highest BCUT2D eigenvalue weighted by Crippen LogP contribution is 2.35. The molecular formula is C63H43N3. The molecule has 0 unspecified atom stereocenters. The lowest BCUT2D eigenvalue weighted by Gasteiger charge is -2.12. The van der Waals surface area contributed by atoms with E-state index in [9.17, 15) is 0 Å². The molecule has 0 radical (unpaired) electrons. The fourth-order valence-electron chi connectivity index (χ4n) is 8.66. The van der Waals surface area contributed by atoms with Crippen molar-refractivity contribution in [3.63, 3.8) is 0 Å². The summed E-state index contributed by atoms with van der Waals surface area (Å²) in [5.74, 6) is 1.84. The van der Waals surface area contributed by atoms with Crippen LogP contribution in [0.5, 0.6) is 0 Å². The second-order valence-corrected chi connectivity index (χ2v) is 16.5. The third kappa shape index (κ3) is 8.62. The molecule has 66 heavy (non-hydrogen) atoms. The zero-order valence-corrected chi connectivity index (χ0v) is 36.2. The maximum Gasteiger partial charge on any atom is 0.164 e. The Hall–Kier alpha value is -8.79. The SMILES string of the molecule is c1ccc(-c2cccc(-c3ccc(-c4nc(-c5cccc(-c6cccc(-c7ccccc7)c6)c5)nc(-c5cccc(-c6cccc(-c7cccc(-c8ccccc8)c7)c6)c5)n4)cc3)c2)cc1. The van der Waals surface area contributed by atoms with Crippen LogP contribution in [-0.4, -0.2) is 15.0 Å². The van der Waals surface area contributed by atoms with Gasteiger partial charge in [0.15, 0.2) is 17.5 Å². The van der Waals surface area contributed by atoms with Crippen LogP contribution in [0.15, 0.2) is 261 Å². The van der Waals surface area contributed by atoms with Crippen molar-refractivity contribution in [2.75, 3.05) is 0 Å². The van der Waals surface area contributed by atoms with E-state index in [0.717, 1.165) is 55.6 Å². The van der Waals surface area contributed by atoms with Crippen LogP contribution in [0.3, 0.4) is 0 Å². The first-order valence-corrected chi connectivity index (χ1v) is 22.3. The van der Waals surface area contributed by atoms with Gasteiger partial charge in [0.05, 0.1) is 0 Å². The molecule has 310 valence electrons. The van der Waals surface area contributed by atoms with Crippen molar-refractivity contribution >= 4 is 0 Å². The lowest BCUT2D eigenvalue weighted by molar-refractivity contribution is 1.07. The molecule has 0 atom stereocenters. The van der Waals surface area contributed by atoms with Crippen LogP contribution in [0.4, 0.5) is 0 Å². The van der Waals surface area contributed by atoms with Gasteiger partial charge in [0, 0.05) is 16.7 Å². The van der Waals surface area contributed by atoms with Crippen LogP contribution in [0.1, 0.15) is 0 Å². The first-order chi connectivity index (χ1) is 32.7. The minimum Gasteiger partial charge on any atom is -0.208 e. The van der Waals surface area contributed by atoms with Crippen LogP contribution in [-0.2, 0) is 0 Å². The predicted octanol–water partition coefficient (Wildman–Crippen LogP) is 16.5.